The second-order valence-electron chi connectivity index (χ2n) is 3.40. The number of carboxylic acid groups (broad SMARTS) is 1. The topological polar surface area (TPSA) is 68.1 Å². The highest BCUT2D eigenvalue weighted by molar-refractivity contribution is 6.36. The number of oxime groups is 1. The van der Waals surface area contributed by atoms with Crippen LogP contribution in [0.2, 0.25) is 0 Å². The highest BCUT2D eigenvalue weighted by Gasteiger charge is 2.29. The van der Waals surface area contributed by atoms with E-state index in [9.17, 15) is 4.79 Å². The first-order valence-electron chi connectivity index (χ1n) is 4.88. The van der Waals surface area contributed by atoms with Crippen molar-refractivity contribution in [3.8, 4) is 5.75 Å². The zero-order chi connectivity index (χ0) is 11.4. The molecule has 1 aromatic carbocycles. The summed E-state index contributed by atoms with van der Waals surface area (Å²) >= 11 is 0. The molecule has 1 N–H and O–H groups in total. The average molecular weight is 221 g/mol. The van der Waals surface area contributed by atoms with Crippen molar-refractivity contribution >= 4 is 11.7 Å². The second-order valence-corrected chi connectivity index (χ2v) is 3.40. The van der Waals surface area contributed by atoms with E-state index in [0.717, 1.165) is 0 Å². The molecule has 84 valence electrons. The van der Waals surface area contributed by atoms with Crippen molar-refractivity contribution in [2.45, 2.75) is 0 Å². The minimum absolute atomic E-state index is 0.0240. The molecule has 1 aliphatic rings. The lowest BCUT2D eigenvalue weighted by atomic mass is 10.1. The van der Waals surface area contributed by atoms with Gasteiger partial charge in [0.25, 0.3) is 0 Å². The lowest BCUT2D eigenvalue weighted by Crippen LogP contribution is -2.27. The Kier molecular flexibility index (Phi) is 3.05. The molecule has 1 aromatic rings. The van der Waals surface area contributed by atoms with Gasteiger partial charge in [-0.25, -0.2) is 4.79 Å². The maximum atomic E-state index is 10.8. The van der Waals surface area contributed by atoms with Crippen LogP contribution in [0.5, 0.6) is 5.75 Å². The Balaban J connectivity index is 1.92. The Hall–Kier alpha value is -2.04. The van der Waals surface area contributed by atoms with Gasteiger partial charge in [0.2, 0.25) is 0 Å². The van der Waals surface area contributed by atoms with Crippen LogP contribution in [0.4, 0.5) is 0 Å². The Bertz CT molecular complexity index is 402. The summed E-state index contributed by atoms with van der Waals surface area (Å²) in [7, 11) is 0. The van der Waals surface area contributed by atoms with Crippen molar-refractivity contribution in [1.29, 1.82) is 0 Å². The molecule has 1 aliphatic heterocycles. The molecule has 0 saturated carbocycles. The molecule has 0 bridgehead atoms. The number of hydrogen-bond donors (Lipinski definition) is 1. The molecule has 16 heavy (non-hydrogen) atoms. The van der Waals surface area contributed by atoms with Crippen molar-refractivity contribution in [2.75, 3.05) is 13.2 Å². The van der Waals surface area contributed by atoms with Gasteiger partial charge in [-0.15, -0.1) is 0 Å². The fourth-order valence-electron chi connectivity index (χ4n) is 1.40. The molecule has 0 aromatic heterocycles. The van der Waals surface area contributed by atoms with Crippen LogP contribution in [-0.2, 0) is 9.63 Å². The van der Waals surface area contributed by atoms with Crippen LogP contribution in [0.1, 0.15) is 0 Å². The SMILES string of the molecule is O=C(O)C1=NOCC1COc1ccccc1. The number of carboxylic acids is 1. The van der Waals surface area contributed by atoms with Gasteiger partial charge in [-0.3, -0.25) is 0 Å². The normalized spacial score (nSPS) is 18.8. The van der Waals surface area contributed by atoms with E-state index in [4.69, 9.17) is 14.7 Å². The smallest absolute Gasteiger partial charge is 0.354 e. The predicted molar refractivity (Wildman–Crippen MR) is 56.4 cm³/mol. The molecule has 5 nitrogen and oxygen atoms in total. The molecule has 0 radical (unpaired) electrons. The van der Waals surface area contributed by atoms with Gasteiger partial charge in [-0.2, -0.15) is 0 Å². The van der Waals surface area contributed by atoms with Crippen LogP contribution in [0, 0.1) is 5.92 Å². The number of benzene rings is 1. The minimum Gasteiger partial charge on any atom is -0.493 e. The number of rotatable bonds is 4. The summed E-state index contributed by atoms with van der Waals surface area (Å²) in [5, 5.41) is 12.3. The predicted octanol–water partition coefficient (Wildman–Crippen LogP) is 1.15. The van der Waals surface area contributed by atoms with Crippen LogP contribution in [-0.4, -0.2) is 30.0 Å². The van der Waals surface area contributed by atoms with E-state index in [1.165, 1.54) is 0 Å². The summed E-state index contributed by atoms with van der Waals surface area (Å²) < 4.78 is 5.45. The van der Waals surface area contributed by atoms with Crippen molar-refractivity contribution in [2.24, 2.45) is 11.1 Å². The lowest BCUT2D eigenvalue weighted by Gasteiger charge is -2.09. The molecule has 0 fully saturated rings. The molecule has 0 spiro atoms. The van der Waals surface area contributed by atoms with Gasteiger partial charge in [0.15, 0.2) is 5.71 Å². The van der Waals surface area contributed by atoms with Crippen LogP contribution >= 0.6 is 0 Å². The van der Waals surface area contributed by atoms with Gasteiger partial charge in [-0.1, -0.05) is 23.4 Å². The third-order valence-corrected chi connectivity index (χ3v) is 2.24. The van der Waals surface area contributed by atoms with Gasteiger partial charge in [0, 0.05) is 0 Å². The monoisotopic (exact) mass is 221 g/mol. The number of ether oxygens (including phenoxy) is 1. The van der Waals surface area contributed by atoms with Gasteiger partial charge in [0.1, 0.15) is 19.0 Å². The van der Waals surface area contributed by atoms with E-state index in [1.54, 1.807) is 0 Å². The van der Waals surface area contributed by atoms with E-state index in [-0.39, 0.29) is 24.8 Å². The van der Waals surface area contributed by atoms with Crippen molar-refractivity contribution in [3.05, 3.63) is 30.3 Å². The lowest BCUT2D eigenvalue weighted by molar-refractivity contribution is -0.129. The molecule has 2 rings (SSSR count). The Labute approximate surface area is 92.3 Å². The third kappa shape index (κ3) is 2.31. The highest BCUT2D eigenvalue weighted by Crippen LogP contribution is 2.14. The van der Waals surface area contributed by atoms with Gasteiger partial charge in [0.05, 0.1) is 5.92 Å². The van der Waals surface area contributed by atoms with Crippen LogP contribution in [0.25, 0.3) is 0 Å². The Morgan fingerprint density at radius 3 is 2.94 bits per heavy atom. The fraction of sp³-hybridized carbons (Fsp3) is 0.273. The highest BCUT2D eigenvalue weighted by atomic mass is 16.6. The average Bonchev–Trinajstić information content (AvgIpc) is 2.76. The summed E-state index contributed by atoms with van der Waals surface area (Å²) in [6.07, 6.45) is 0. The first-order chi connectivity index (χ1) is 7.77. The van der Waals surface area contributed by atoms with Crippen LogP contribution in [0.3, 0.4) is 0 Å². The van der Waals surface area contributed by atoms with Gasteiger partial charge >= 0.3 is 5.97 Å². The molecule has 1 atom stereocenters. The molecule has 0 amide bonds. The number of aliphatic carboxylic acids is 1. The summed E-state index contributed by atoms with van der Waals surface area (Å²) in [6.45, 7) is 0.517. The Morgan fingerprint density at radius 2 is 2.25 bits per heavy atom. The first kappa shape index (κ1) is 10.5. The molecular weight excluding hydrogens is 210 g/mol. The first-order valence-corrected chi connectivity index (χ1v) is 4.88. The van der Waals surface area contributed by atoms with Crippen molar-refractivity contribution < 1.29 is 19.5 Å². The number of carbonyl (C=O) groups is 1. The number of hydrogen-bond acceptors (Lipinski definition) is 4. The van der Waals surface area contributed by atoms with E-state index in [1.807, 2.05) is 30.3 Å². The van der Waals surface area contributed by atoms with E-state index in [0.29, 0.717) is 5.75 Å². The third-order valence-electron chi connectivity index (χ3n) is 2.24. The van der Waals surface area contributed by atoms with Crippen LogP contribution < -0.4 is 4.74 Å². The number of nitrogens with zero attached hydrogens (tertiary/aromatic N) is 1. The molecule has 1 unspecified atom stereocenters. The standard InChI is InChI=1S/C11H11NO4/c13-11(14)10-8(7-16-12-10)6-15-9-4-2-1-3-5-9/h1-5,8H,6-7H2,(H,13,14). The van der Waals surface area contributed by atoms with Gasteiger partial charge < -0.3 is 14.7 Å². The summed E-state index contributed by atoms with van der Waals surface area (Å²) in [5.41, 5.74) is 0.0240. The summed E-state index contributed by atoms with van der Waals surface area (Å²) in [6, 6.07) is 9.22. The summed E-state index contributed by atoms with van der Waals surface area (Å²) in [4.78, 5) is 15.5. The number of para-hydroxylation sites is 1. The van der Waals surface area contributed by atoms with Gasteiger partial charge in [-0.05, 0) is 12.1 Å². The largest absolute Gasteiger partial charge is 0.493 e. The van der Waals surface area contributed by atoms with E-state index in [2.05, 4.69) is 5.16 Å². The van der Waals surface area contributed by atoms with E-state index >= 15 is 0 Å². The maximum absolute atomic E-state index is 10.8. The maximum Gasteiger partial charge on any atom is 0.354 e. The molecule has 0 aliphatic carbocycles. The minimum atomic E-state index is -1.06. The second kappa shape index (κ2) is 4.65. The molecule has 0 saturated heterocycles. The summed E-state index contributed by atoms with van der Waals surface area (Å²) in [5.74, 6) is -0.656. The molecular formula is C11H11NO4. The van der Waals surface area contributed by atoms with Crippen molar-refractivity contribution in [3.63, 3.8) is 0 Å². The van der Waals surface area contributed by atoms with E-state index < -0.39 is 5.97 Å². The fourth-order valence-corrected chi connectivity index (χ4v) is 1.40. The molecule has 1 heterocycles. The van der Waals surface area contributed by atoms with Crippen molar-refractivity contribution in [1.82, 2.24) is 0 Å². The zero-order valence-corrected chi connectivity index (χ0v) is 8.50. The zero-order valence-electron chi connectivity index (χ0n) is 8.50. The van der Waals surface area contributed by atoms with Crippen LogP contribution in [0.15, 0.2) is 35.5 Å². The quantitative estimate of drug-likeness (QED) is 0.828. The molecule has 5 heteroatoms. The Morgan fingerprint density at radius 1 is 1.50 bits per heavy atom.